The van der Waals surface area contributed by atoms with Gasteiger partial charge in [-0.1, -0.05) is 11.8 Å². The maximum Gasteiger partial charge on any atom is 0.273 e. The number of aliphatic hydroxyl groups is 1. The minimum atomic E-state index is -3.13. The molecule has 0 aliphatic rings. The molecule has 0 spiro atoms. The lowest BCUT2D eigenvalue weighted by Crippen LogP contribution is -2.32. The molecule has 0 aromatic carbocycles. The molecule has 0 bridgehead atoms. The molecule has 0 saturated carbocycles. The summed E-state index contributed by atoms with van der Waals surface area (Å²) in [4.78, 5) is 17.4. The van der Waals surface area contributed by atoms with Crippen LogP contribution in [0.15, 0.2) is 18.3 Å². The molecule has 1 heterocycles. The van der Waals surface area contributed by atoms with Gasteiger partial charge in [0.1, 0.15) is 22.1 Å². The Balaban J connectivity index is 2.92. The van der Waals surface area contributed by atoms with Gasteiger partial charge in [0.15, 0.2) is 0 Å². The molecule has 108 valence electrons. The van der Waals surface area contributed by atoms with Crippen molar-refractivity contribution in [3.05, 3.63) is 29.6 Å². The molecule has 1 N–H and O–H groups in total. The number of nitrogens with zero attached hydrogens (tertiary/aromatic N) is 2. The van der Waals surface area contributed by atoms with Gasteiger partial charge < -0.3 is 10.0 Å². The number of rotatable bonds is 4. The third kappa shape index (κ3) is 4.99. The van der Waals surface area contributed by atoms with E-state index in [9.17, 15) is 13.2 Å². The van der Waals surface area contributed by atoms with Crippen LogP contribution in [0, 0.1) is 11.8 Å². The molecule has 6 nitrogen and oxygen atoms in total. The van der Waals surface area contributed by atoms with E-state index in [1.165, 1.54) is 18.1 Å². The van der Waals surface area contributed by atoms with E-state index in [1.54, 1.807) is 12.1 Å². The van der Waals surface area contributed by atoms with E-state index in [4.69, 9.17) is 5.11 Å². The highest BCUT2D eigenvalue weighted by molar-refractivity contribution is 7.90. The Labute approximate surface area is 118 Å². The Morgan fingerprint density at radius 1 is 1.50 bits per heavy atom. The standard InChI is InChI=1S/C13H16N2O4S/c1-15(8-10-20(2,18)19)13(17)12-11(6-4-9-16)5-3-7-14-12/h3,5,7,16H,8-10H2,1-2H3. The quantitative estimate of drug-likeness (QED) is 0.760. The highest BCUT2D eigenvalue weighted by Crippen LogP contribution is 2.07. The third-order valence-electron chi connectivity index (χ3n) is 2.46. The molecular weight excluding hydrogens is 280 g/mol. The normalized spacial score (nSPS) is 10.6. The van der Waals surface area contributed by atoms with Gasteiger partial charge in [-0.05, 0) is 12.1 Å². The fraction of sp³-hybridized carbons (Fsp3) is 0.385. The molecule has 0 fully saturated rings. The van der Waals surface area contributed by atoms with Crippen LogP contribution in [0.1, 0.15) is 16.1 Å². The van der Waals surface area contributed by atoms with E-state index in [0.29, 0.717) is 5.56 Å². The van der Waals surface area contributed by atoms with Gasteiger partial charge in [0, 0.05) is 26.0 Å². The van der Waals surface area contributed by atoms with Crippen LogP contribution in [0.4, 0.5) is 0 Å². The summed E-state index contributed by atoms with van der Waals surface area (Å²) in [5.41, 5.74) is 0.544. The van der Waals surface area contributed by atoms with E-state index < -0.39 is 15.7 Å². The smallest absolute Gasteiger partial charge is 0.273 e. The fourth-order valence-electron chi connectivity index (χ4n) is 1.40. The van der Waals surface area contributed by atoms with Crippen LogP contribution in [0.3, 0.4) is 0 Å². The van der Waals surface area contributed by atoms with Crippen LogP contribution in [0.5, 0.6) is 0 Å². The number of hydrogen-bond donors (Lipinski definition) is 1. The van der Waals surface area contributed by atoms with Crippen molar-refractivity contribution in [2.45, 2.75) is 0 Å². The summed E-state index contributed by atoms with van der Waals surface area (Å²) < 4.78 is 22.2. The molecule has 0 unspecified atom stereocenters. The summed E-state index contributed by atoms with van der Waals surface area (Å²) in [6.07, 6.45) is 2.58. The largest absolute Gasteiger partial charge is 0.384 e. The highest BCUT2D eigenvalue weighted by Gasteiger charge is 2.17. The second kappa shape index (κ2) is 7.03. The first-order valence-electron chi connectivity index (χ1n) is 5.83. The Morgan fingerprint density at radius 2 is 2.20 bits per heavy atom. The van der Waals surface area contributed by atoms with Crippen LogP contribution in [0.2, 0.25) is 0 Å². The van der Waals surface area contributed by atoms with E-state index in [-0.39, 0.29) is 24.6 Å². The van der Waals surface area contributed by atoms with Gasteiger partial charge >= 0.3 is 0 Å². The van der Waals surface area contributed by atoms with Crippen LogP contribution in [-0.4, -0.2) is 61.5 Å². The molecule has 0 radical (unpaired) electrons. The lowest BCUT2D eigenvalue weighted by atomic mass is 10.2. The van der Waals surface area contributed by atoms with Gasteiger partial charge in [-0.3, -0.25) is 4.79 Å². The lowest BCUT2D eigenvalue weighted by Gasteiger charge is -2.16. The number of aromatic nitrogens is 1. The van der Waals surface area contributed by atoms with Crippen molar-refractivity contribution in [1.82, 2.24) is 9.88 Å². The van der Waals surface area contributed by atoms with E-state index in [0.717, 1.165) is 6.26 Å². The summed E-state index contributed by atoms with van der Waals surface area (Å²) in [6.45, 7) is -0.229. The van der Waals surface area contributed by atoms with Gasteiger partial charge in [0.25, 0.3) is 5.91 Å². The Morgan fingerprint density at radius 3 is 2.80 bits per heavy atom. The highest BCUT2D eigenvalue weighted by atomic mass is 32.2. The van der Waals surface area contributed by atoms with Gasteiger partial charge in [0.05, 0.1) is 11.3 Å². The topological polar surface area (TPSA) is 87.6 Å². The predicted octanol–water partition coefficient (Wildman–Crippen LogP) is -0.458. The zero-order chi connectivity index (χ0) is 15.2. The Kier molecular flexibility index (Phi) is 5.67. The fourth-order valence-corrected chi connectivity index (χ4v) is 2.00. The summed E-state index contributed by atoms with van der Waals surface area (Å²) in [7, 11) is -1.63. The first-order valence-corrected chi connectivity index (χ1v) is 7.89. The molecule has 1 aromatic rings. The van der Waals surface area contributed by atoms with Crippen LogP contribution in [0.25, 0.3) is 0 Å². The predicted molar refractivity (Wildman–Crippen MR) is 74.9 cm³/mol. The number of amides is 1. The molecule has 0 atom stereocenters. The van der Waals surface area contributed by atoms with Crippen molar-refractivity contribution in [2.24, 2.45) is 0 Å². The summed E-state index contributed by atoms with van der Waals surface area (Å²) >= 11 is 0. The molecule has 0 aliphatic heterocycles. The number of sulfone groups is 1. The number of pyridine rings is 1. The SMILES string of the molecule is CN(CCS(C)(=O)=O)C(=O)c1ncccc1C#CCO. The lowest BCUT2D eigenvalue weighted by molar-refractivity contribution is 0.0797. The van der Waals surface area contributed by atoms with E-state index in [1.807, 2.05) is 0 Å². The van der Waals surface area contributed by atoms with Crippen LogP contribution < -0.4 is 0 Å². The van der Waals surface area contributed by atoms with Crippen molar-refractivity contribution in [3.63, 3.8) is 0 Å². The average Bonchev–Trinajstić information content (AvgIpc) is 2.41. The molecule has 0 aliphatic carbocycles. The summed E-state index contributed by atoms with van der Waals surface area (Å²) in [5, 5.41) is 8.68. The number of carbonyl (C=O) groups is 1. The molecule has 1 aromatic heterocycles. The molecule has 1 rings (SSSR count). The number of aliphatic hydroxyl groups excluding tert-OH is 1. The molecule has 1 amide bonds. The van der Waals surface area contributed by atoms with Crippen molar-refractivity contribution in [2.75, 3.05) is 32.2 Å². The first-order chi connectivity index (χ1) is 9.35. The Hall–Kier alpha value is -1.91. The van der Waals surface area contributed by atoms with Crippen molar-refractivity contribution in [3.8, 4) is 11.8 Å². The van der Waals surface area contributed by atoms with Crippen molar-refractivity contribution >= 4 is 15.7 Å². The summed E-state index contributed by atoms with van der Waals surface area (Å²) in [6, 6.07) is 3.25. The minimum absolute atomic E-state index is 0.0844. The minimum Gasteiger partial charge on any atom is -0.384 e. The zero-order valence-electron chi connectivity index (χ0n) is 11.3. The number of carbonyl (C=O) groups excluding carboxylic acids is 1. The van der Waals surface area contributed by atoms with Crippen molar-refractivity contribution < 1.29 is 18.3 Å². The zero-order valence-corrected chi connectivity index (χ0v) is 12.1. The number of hydrogen-bond acceptors (Lipinski definition) is 5. The second-order valence-electron chi connectivity index (χ2n) is 4.22. The summed E-state index contributed by atoms with van der Waals surface area (Å²) in [5.74, 6) is 4.58. The molecule has 20 heavy (non-hydrogen) atoms. The van der Waals surface area contributed by atoms with E-state index in [2.05, 4.69) is 16.8 Å². The van der Waals surface area contributed by atoms with Crippen LogP contribution in [-0.2, 0) is 9.84 Å². The maximum absolute atomic E-state index is 12.2. The molecule has 0 saturated heterocycles. The van der Waals surface area contributed by atoms with Crippen LogP contribution >= 0.6 is 0 Å². The molecule has 7 heteroatoms. The van der Waals surface area contributed by atoms with Gasteiger partial charge in [-0.2, -0.15) is 0 Å². The van der Waals surface area contributed by atoms with Gasteiger partial charge in [-0.15, -0.1) is 0 Å². The third-order valence-corrected chi connectivity index (χ3v) is 3.38. The van der Waals surface area contributed by atoms with E-state index >= 15 is 0 Å². The van der Waals surface area contributed by atoms with Gasteiger partial charge in [-0.25, -0.2) is 13.4 Å². The monoisotopic (exact) mass is 296 g/mol. The maximum atomic E-state index is 12.2. The van der Waals surface area contributed by atoms with Crippen molar-refractivity contribution in [1.29, 1.82) is 0 Å². The molecular formula is C13H16N2O4S. The Bertz CT molecular complexity index is 644. The average molecular weight is 296 g/mol. The van der Waals surface area contributed by atoms with Gasteiger partial charge in [0.2, 0.25) is 0 Å². The second-order valence-corrected chi connectivity index (χ2v) is 6.48. The first kappa shape index (κ1) is 16.1.